The molecular weight excluding hydrogens is 412 g/mol. The third-order valence-corrected chi connectivity index (χ3v) is 6.80. The fourth-order valence-electron chi connectivity index (χ4n) is 3.34. The summed E-state index contributed by atoms with van der Waals surface area (Å²) in [6.07, 6.45) is 5.62. The number of rotatable bonds is 6. The van der Waals surface area contributed by atoms with E-state index in [9.17, 15) is 14.4 Å². The van der Waals surface area contributed by atoms with Crippen LogP contribution < -0.4 is 10.9 Å². The van der Waals surface area contributed by atoms with Crippen molar-refractivity contribution in [3.05, 3.63) is 38.2 Å². The number of fused-ring (bicyclic) bond motifs is 3. The van der Waals surface area contributed by atoms with Crippen LogP contribution in [0.25, 0.3) is 10.2 Å². The summed E-state index contributed by atoms with van der Waals surface area (Å²) in [4.78, 5) is 47.2. The van der Waals surface area contributed by atoms with Gasteiger partial charge in [-0.25, -0.2) is 9.97 Å². The lowest BCUT2D eigenvalue weighted by atomic mass is 9.97. The molecule has 29 heavy (non-hydrogen) atoms. The second-order valence-corrected chi connectivity index (χ2v) is 8.83. The fourth-order valence-corrected chi connectivity index (χ4v) is 5.26. The summed E-state index contributed by atoms with van der Waals surface area (Å²) in [5, 5.41) is 5.55. The Morgan fingerprint density at radius 1 is 1.31 bits per heavy atom. The van der Waals surface area contributed by atoms with E-state index < -0.39 is 11.9 Å². The number of aromatic nitrogens is 3. The molecule has 8 nitrogen and oxygen atoms in total. The molecular formula is C19H20N4O4S2. The van der Waals surface area contributed by atoms with E-state index >= 15 is 0 Å². The minimum atomic E-state index is -0.546. The molecule has 0 aliphatic heterocycles. The van der Waals surface area contributed by atoms with E-state index in [1.54, 1.807) is 11.3 Å². The molecule has 0 spiro atoms. The van der Waals surface area contributed by atoms with Crippen LogP contribution in [-0.2, 0) is 33.7 Å². The van der Waals surface area contributed by atoms with Gasteiger partial charge in [0.15, 0.2) is 11.7 Å². The monoisotopic (exact) mass is 432 g/mol. The van der Waals surface area contributed by atoms with E-state index in [2.05, 4.69) is 15.3 Å². The summed E-state index contributed by atoms with van der Waals surface area (Å²) < 4.78 is 6.45. The number of nitrogens with zero attached hydrogens (tertiary/aromatic N) is 3. The number of nitrogens with one attached hydrogen (secondary N) is 1. The number of anilines is 1. The fraction of sp³-hybridized carbons (Fsp3) is 0.421. The molecule has 0 unspecified atom stereocenters. The third kappa shape index (κ3) is 4.38. The average molecular weight is 433 g/mol. The maximum Gasteiger partial charge on any atom is 0.308 e. The Bertz CT molecular complexity index is 1130. The molecule has 0 saturated carbocycles. The van der Waals surface area contributed by atoms with Crippen molar-refractivity contribution in [3.8, 4) is 0 Å². The molecule has 152 valence electrons. The lowest BCUT2D eigenvalue weighted by molar-refractivity contribution is -0.147. The van der Waals surface area contributed by atoms with Crippen LogP contribution in [0.1, 0.15) is 35.4 Å². The standard InChI is InChI=1S/C19H20N4O4S2/c1-11-9-28-19(21-11)22-14(24)8-27-15(25)6-7-23-10-20-17-16(18(23)26)12-4-2-3-5-13(12)29-17/h9-10H,2-8H2,1H3,(H,21,22,24). The van der Waals surface area contributed by atoms with Crippen molar-refractivity contribution in [2.75, 3.05) is 11.9 Å². The van der Waals surface area contributed by atoms with Gasteiger partial charge in [0.1, 0.15) is 4.83 Å². The van der Waals surface area contributed by atoms with Gasteiger partial charge in [-0.3, -0.25) is 24.3 Å². The Morgan fingerprint density at radius 3 is 2.93 bits per heavy atom. The van der Waals surface area contributed by atoms with E-state index in [0.717, 1.165) is 41.8 Å². The highest BCUT2D eigenvalue weighted by Gasteiger charge is 2.20. The predicted octanol–water partition coefficient (Wildman–Crippen LogP) is 2.67. The van der Waals surface area contributed by atoms with Crippen molar-refractivity contribution in [2.45, 2.75) is 45.6 Å². The van der Waals surface area contributed by atoms with Gasteiger partial charge in [-0.15, -0.1) is 22.7 Å². The molecule has 0 fully saturated rings. The molecule has 1 amide bonds. The Morgan fingerprint density at radius 2 is 2.14 bits per heavy atom. The summed E-state index contributed by atoms with van der Waals surface area (Å²) in [7, 11) is 0. The largest absolute Gasteiger partial charge is 0.456 e. The maximum absolute atomic E-state index is 12.9. The van der Waals surface area contributed by atoms with E-state index in [1.165, 1.54) is 27.1 Å². The van der Waals surface area contributed by atoms with Crippen molar-refractivity contribution in [3.63, 3.8) is 0 Å². The first-order valence-corrected chi connectivity index (χ1v) is 11.1. The first kappa shape index (κ1) is 19.7. The van der Waals surface area contributed by atoms with Crippen LogP contribution in [0.3, 0.4) is 0 Å². The Hall–Kier alpha value is -2.59. The summed E-state index contributed by atoms with van der Waals surface area (Å²) in [5.74, 6) is -0.993. The number of hydrogen-bond donors (Lipinski definition) is 1. The summed E-state index contributed by atoms with van der Waals surface area (Å²) in [6, 6.07) is 0. The minimum absolute atomic E-state index is 0.0109. The van der Waals surface area contributed by atoms with Gasteiger partial charge >= 0.3 is 5.97 Å². The van der Waals surface area contributed by atoms with Crippen LogP contribution in [0, 0.1) is 6.92 Å². The molecule has 1 N–H and O–H groups in total. The highest BCUT2D eigenvalue weighted by atomic mass is 32.1. The Labute approximate surface area is 174 Å². The molecule has 0 bridgehead atoms. The van der Waals surface area contributed by atoms with Crippen molar-refractivity contribution in [1.82, 2.24) is 14.5 Å². The van der Waals surface area contributed by atoms with Crippen LogP contribution in [0.2, 0.25) is 0 Å². The van der Waals surface area contributed by atoms with E-state index in [4.69, 9.17) is 4.74 Å². The highest BCUT2D eigenvalue weighted by Crippen LogP contribution is 2.33. The smallest absolute Gasteiger partial charge is 0.308 e. The van der Waals surface area contributed by atoms with Crippen LogP contribution in [-0.4, -0.2) is 33.0 Å². The van der Waals surface area contributed by atoms with Crippen molar-refractivity contribution >= 4 is 49.9 Å². The average Bonchev–Trinajstić information content (AvgIpc) is 3.29. The van der Waals surface area contributed by atoms with Gasteiger partial charge in [0.25, 0.3) is 11.5 Å². The van der Waals surface area contributed by atoms with Gasteiger partial charge in [-0.05, 0) is 38.2 Å². The number of hydrogen-bond acceptors (Lipinski definition) is 8. The number of amides is 1. The van der Waals surface area contributed by atoms with Crippen LogP contribution in [0.5, 0.6) is 0 Å². The number of carbonyl (C=O) groups excluding carboxylic acids is 2. The molecule has 3 heterocycles. The van der Waals surface area contributed by atoms with E-state index in [1.807, 2.05) is 12.3 Å². The van der Waals surface area contributed by atoms with Crippen molar-refractivity contribution < 1.29 is 14.3 Å². The molecule has 4 rings (SSSR count). The zero-order valence-electron chi connectivity index (χ0n) is 15.9. The number of esters is 1. The first-order valence-electron chi connectivity index (χ1n) is 9.38. The molecule has 10 heteroatoms. The number of carbonyl (C=O) groups is 2. The lowest BCUT2D eigenvalue weighted by Gasteiger charge is -2.10. The Balaban J connectivity index is 1.34. The second kappa shape index (κ2) is 8.42. The predicted molar refractivity (Wildman–Crippen MR) is 112 cm³/mol. The normalized spacial score (nSPS) is 13.3. The minimum Gasteiger partial charge on any atom is -0.456 e. The van der Waals surface area contributed by atoms with Crippen LogP contribution >= 0.6 is 22.7 Å². The number of thiophene rings is 1. The van der Waals surface area contributed by atoms with Crippen molar-refractivity contribution in [2.24, 2.45) is 0 Å². The molecule has 1 aliphatic rings. The molecule has 0 radical (unpaired) electrons. The summed E-state index contributed by atoms with van der Waals surface area (Å²) in [6.45, 7) is 1.60. The van der Waals surface area contributed by atoms with Gasteiger partial charge in [0, 0.05) is 16.8 Å². The highest BCUT2D eigenvalue weighted by molar-refractivity contribution is 7.18. The number of thiazole rings is 1. The third-order valence-electron chi connectivity index (χ3n) is 4.73. The molecule has 3 aromatic rings. The van der Waals surface area contributed by atoms with Gasteiger partial charge < -0.3 is 4.74 Å². The zero-order chi connectivity index (χ0) is 20.4. The quantitative estimate of drug-likeness (QED) is 0.601. The topological polar surface area (TPSA) is 103 Å². The lowest BCUT2D eigenvalue weighted by Crippen LogP contribution is -2.24. The Kier molecular flexibility index (Phi) is 5.72. The van der Waals surface area contributed by atoms with Gasteiger partial charge in [-0.1, -0.05) is 0 Å². The zero-order valence-corrected chi connectivity index (χ0v) is 17.5. The molecule has 0 aromatic carbocycles. The van der Waals surface area contributed by atoms with Gasteiger partial charge in [-0.2, -0.15) is 0 Å². The summed E-state index contributed by atoms with van der Waals surface area (Å²) in [5.41, 5.74) is 1.82. The van der Waals surface area contributed by atoms with Crippen molar-refractivity contribution in [1.29, 1.82) is 0 Å². The van der Waals surface area contributed by atoms with Gasteiger partial charge in [0.05, 0.1) is 23.8 Å². The molecule has 3 aromatic heterocycles. The van der Waals surface area contributed by atoms with Gasteiger partial charge in [0.2, 0.25) is 0 Å². The second-order valence-electron chi connectivity index (χ2n) is 6.89. The number of ether oxygens (including phenoxy) is 1. The molecule has 1 aliphatic carbocycles. The van der Waals surface area contributed by atoms with E-state index in [0.29, 0.717) is 10.5 Å². The SMILES string of the molecule is Cc1csc(NC(=O)COC(=O)CCn2cnc3sc4c(c3c2=O)CCCC4)n1. The maximum atomic E-state index is 12.9. The number of aryl methyl sites for hydroxylation is 4. The van der Waals surface area contributed by atoms with E-state index in [-0.39, 0.29) is 25.1 Å². The molecule has 0 atom stereocenters. The summed E-state index contributed by atoms with van der Waals surface area (Å²) >= 11 is 2.90. The molecule has 0 saturated heterocycles. The van der Waals surface area contributed by atoms with Crippen LogP contribution in [0.15, 0.2) is 16.5 Å². The first-order chi connectivity index (χ1) is 14.0. The van der Waals surface area contributed by atoms with Crippen LogP contribution in [0.4, 0.5) is 5.13 Å².